The minimum absolute atomic E-state index is 0.0347. The van der Waals surface area contributed by atoms with Crippen molar-refractivity contribution in [1.82, 2.24) is 4.98 Å². The summed E-state index contributed by atoms with van der Waals surface area (Å²) in [5.74, 6) is 2.36. The number of nitrogens with zero attached hydrogens (tertiary/aromatic N) is 1. The number of hydrogen-bond donors (Lipinski definition) is 1. The Kier molecular flexibility index (Phi) is 12.0. The standard InChI is InChI=1S/C28H33BrN2O2S3/c1-5-6-7-8-16-36-26(27(32)31-25-24(34-3)17-19(2)30-28(25)35-4)20-10-9-11-23(18-20)33-22-14-12-21(29)13-15-22/h9-15,17-18,26H,5-8,16H2,1-4H3,(H,31,32). The lowest BCUT2D eigenvalue weighted by molar-refractivity contribution is -0.115. The van der Waals surface area contributed by atoms with Gasteiger partial charge in [0.15, 0.2) is 0 Å². The fourth-order valence-electron chi connectivity index (χ4n) is 3.66. The summed E-state index contributed by atoms with van der Waals surface area (Å²) in [4.78, 5) is 19.4. The predicted molar refractivity (Wildman–Crippen MR) is 161 cm³/mol. The second-order valence-corrected chi connectivity index (χ2v) is 12.1. The number of aromatic nitrogens is 1. The number of amides is 1. The SMILES string of the molecule is CCCCCCSC(C(=O)Nc1c(SC)cc(C)nc1SC)c1cccc(Oc2ccc(Br)cc2)c1. The van der Waals surface area contributed by atoms with Gasteiger partial charge in [-0.3, -0.25) is 4.79 Å². The lowest BCUT2D eigenvalue weighted by Crippen LogP contribution is -2.20. The summed E-state index contributed by atoms with van der Waals surface area (Å²) in [5, 5.41) is 3.71. The molecular weight excluding hydrogens is 572 g/mol. The number of aryl methyl sites for hydroxylation is 1. The second kappa shape index (κ2) is 15.0. The first-order valence-corrected chi connectivity index (χ1v) is 16.3. The van der Waals surface area contributed by atoms with Crippen LogP contribution in [0.4, 0.5) is 5.69 Å². The number of carbonyl (C=O) groups excluding carboxylic acids is 1. The van der Waals surface area contributed by atoms with Gasteiger partial charge in [0, 0.05) is 15.1 Å². The molecule has 0 saturated carbocycles. The third-order valence-corrected chi connectivity index (χ3v) is 8.79. The summed E-state index contributed by atoms with van der Waals surface area (Å²) in [7, 11) is 0. The van der Waals surface area contributed by atoms with Crippen LogP contribution in [-0.2, 0) is 4.79 Å². The van der Waals surface area contributed by atoms with Crippen molar-refractivity contribution in [1.29, 1.82) is 0 Å². The fourth-order valence-corrected chi connectivity index (χ4v) is 6.39. The van der Waals surface area contributed by atoms with Crippen molar-refractivity contribution in [2.45, 2.75) is 54.7 Å². The quantitative estimate of drug-likeness (QED) is 0.155. The number of halogens is 1. The molecule has 192 valence electrons. The van der Waals surface area contributed by atoms with Crippen LogP contribution in [0.5, 0.6) is 11.5 Å². The molecule has 4 nitrogen and oxygen atoms in total. The van der Waals surface area contributed by atoms with Crippen LogP contribution >= 0.6 is 51.2 Å². The van der Waals surface area contributed by atoms with Gasteiger partial charge in [0.2, 0.25) is 5.91 Å². The summed E-state index contributed by atoms with van der Waals surface area (Å²) in [5.41, 5.74) is 2.67. The van der Waals surface area contributed by atoms with Gasteiger partial charge in [-0.05, 0) is 79.6 Å². The number of pyridine rings is 1. The maximum absolute atomic E-state index is 13.7. The van der Waals surface area contributed by atoms with Crippen LogP contribution in [-0.4, -0.2) is 29.2 Å². The first-order chi connectivity index (χ1) is 17.4. The minimum Gasteiger partial charge on any atom is -0.457 e. The number of thioether (sulfide) groups is 3. The van der Waals surface area contributed by atoms with E-state index in [-0.39, 0.29) is 11.2 Å². The fraction of sp³-hybridized carbons (Fsp3) is 0.357. The average Bonchev–Trinajstić information content (AvgIpc) is 2.88. The molecule has 0 fully saturated rings. The van der Waals surface area contributed by atoms with E-state index in [2.05, 4.69) is 33.2 Å². The monoisotopic (exact) mass is 604 g/mol. The largest absolute Gasteiger partial charge is 0.457 e. The maximum Gasteiger partial charge on any atom is 0.242 e. The van der Waals surface area contributed by atoms with Crippen molar-refractivity contribution < 1.29 is 9.53 Å². The number of hydrogen-bond acceptors (Lipinski definition) is 6. The molecule has 0 radical (unpaired) electrons. The zero-order chi connectivity index (χ0) is 25.9. The highest BCUT2D eigenvalue weighted by Gasteiger charge is 2.24. The van der Waals surface area contributed by atoms with Crippen molar-refractivity contribution in [3.05, 3.63) is 70.3 Å². The van der Waals surface area contributed by atoms with Crippen LogP contribution in [0.3, 0.4) is 0 Å². The van der Waals surface area contributed by atoms with Gasteiger partial charge in [-0.25, -0.2) is 4.98 Å². The Bertz CT molecular complexity index is 1120. The van der Waals surface area contributed by atoms with Gasteiger partial charge < -0.3 is 10.1 Å². The van der Waals surface area contributed by atoms with Crippen molar-refractivity contribution in [3.8, 4) is 11.5 Å². The molecule has 1 unspecified atom stereocenters. The molecule has 0 bridgehead atoms. The Morgan fingerprint density at radius 3 is 2.50 bits per heavy atom. The topological polar surface area (TPSA) is 51.2 Å². The van der Waals surface area contributed by atoms with Crippen LogP contribution in [0.25, 0.3) is 0 Å². The van der Waals surface area contributed by atoms with Crippen molar-refractivity contribution >= 4 is 62.8 Å². The van der Waals surface area contributed by atoms with Gasteiger partial charge in [0.05, 0.1) is 5.69 Å². The van der Waals surface area contributed by atoms with Crippen molar-refractivity contribution in [2.75, 3.05) is 23.6 Å². The molecule has 1 N–H and O–H groups in total. The molecule has 3 rings (SSSR count). The highest BCUT2D eigenvalue weighted by molar-refractivity contribution is 9.10. The van der Waals surface area contributed by atoms with Crippen LogP contribution in [0.2, 0.25) is 0 Å². The van der Waals surface area contributed by atoms with Crippen LogP contribution in [0.1, 0.15) is 49.1 Å². The molecule has 36 heavy (non-hydrogen) atoms. The molecule has 0 aliphatic heterocycles. The smallest absolute Gasteiger partial charge is 0.242 e. The summed E-state index contributed by atoms with van der Waals surface area (Å²) in [6.45, 7) is 4.19. The van der Waals surface area contributed by atoms with Gasteiger partial charge in [0.1, 0.15) is 21.8 Å². The summed E-state index contributed by atoms with van der Waals surface area (Å²) >= 11 is 8.32. The zero-order valence-corrected chi connectivity index (χ0v) is 25.2. The Labute approximate surface area is 236 Å². The first kappa shape index (κ1) is 29.0. The Hall–Kier alpha value is -1.61. The molecule has 0 aliphatic rings. The molecule has 3 aromatic rings. The molecule has 8 heteroatoms. The molecular formula is C28H33BrN2O2S3. The van der Waals surface area contributed by atoms with E-state index < -0.39 is 0 Å². The number of ether oxygens (including phenoxy) is 1. The highest BCUT2D eigenvalue weighted by atomic mass is 79.9. The molecule has 1 aromatic heterocycles. The molecule has 2 aromatic carbocycles. The maximum atomic E-state index is 13.7. The Morgan fingerprint density at radius 1 is 1.03 bits per heavy atom. The van der Waals surface area contributed by atoms with Gasteiger partial charge in [-0.15, -0.1) is 35.3 Å². The molecule has 1 heterocycles. The van der Waals surface area contributed by atoms with E-state index >= 15 is 0 Å². The third-order valence-electron chi connectivity index (χ3n) is 5.47. The van der Waals surface area contributed by atoms with Gasteiger partial charge in [-0.2, -0.15) is 0 Å². The number of anilines is 1. The molecule has 0 saturated heterocycles. The van der Waals surface area contributed by atoms with E-state index in [1.807, 2.05) is 74.0 Å². The number of benzene rings is 2. The normalized spacial score (nSPS) is 11.8. The second-order valence-electron chi connectivity index (χ2n) is 8.28. The lowest BCUT2D eigenvalue weighted by Gasteiger charge is -2.20. The van der Waals surface area contributed by atoms with Crippen molar-refractivity contribution in [3.63, 3.8) is 0 Å². The third kappa shape index (κ3) is 8.47. The summed E-state index contributed by atoms with van der Waals surface area (Å²) in [6, 6.07) is 17.6. The summed E-state index contributed by atoms with van der Waals surface area (Å²) in [6.07, 6.45) is 8.70. The van der Waals surface area contributed by atoms with E-state index in [0.717, 1.165) is 49.3 Å². The van der Waals surface area contributed by atoms with Crippen LogP contribution in [0, 0.1) is 6.92 Å². The number of carbonyl (C=O) groups is 1. The minimum atomic E-state index is -0.356. The van der Waals surface area contributed by atoms with Gasteiger partial charge in [0.25, 0.3) is 0 Å². The van der Waals surface area contributed by atoms with E-state index in [1.165, 1.54) is 19.3 Å². The van der Waals surface area contributed by atoms with E-state index in [9.17, 15) is 4.79 Å². The van der Waals surface area contributed by atoms with Gasteiger partial charge in [-0.1, -0.05) is 54.2 Å². The lowest BCUT2D eigenvalue weighted by atomic mass is 10.1. The van der Waals surface area contributed by atoms with E-state index in [1.54, 1.807) is 35.3 Å². The zero-order valence-electron chi connectivity index (χ0n) is 21.2. The number of rotatable bonds is 13. The molecule has 1 atom stereocenters. The molecule has 1 amide bonds. The Morgan fingerprint density at radius 2 is 1.81 bits per heavy atom. The first-order valence-electron chi connectivity index (χ1n) is 12.0. The highest BCUT2D eigenvalue weighted by Crippen LogP contribution is 2.38. The summed E-state index contributed by atoms with van der Waals surface area (Å²) < 4.78 is 7.09. The van der Waals surface area contributed by atoms with Gasteiger partial charge >= 0.3 is 0 Å². The number of unbranched alkanes of at least 4 members (excludes halogenated alkanes) is 3. The van der Waals surface area contributed by atoms with E-state index in [4.69, 9.17) is 4.74 Å². The molecule has 0 aliphatic carbocycles. The average molecular weight is 606 g/mol. The van der Waals surface area contributed by atoms with E-state index in [0.29, 0.717) is 5.75 Å². The van der Waals surface area contributed by atoms with Crippen LogP contribution < -0.4 is 10.1 Å². The number of nitrogens with one attached hydrogen (secondary N) is 1. The van der Waals surface area contributed by atoms with Crippen LogP contribution in [0.15, 0.2) is 69.0 Å². The predicted octanol–water partition coefficient (Wildman–Crippen LogP) is 9.38. The molecule has 0 spiro atoms. The van der Waals surface area contributed by atoms with Crippen molar-refractivity contribution in [2.24, 2.45) is 0 Å². The Balaban J connectivity index is 1.86.